The van der Waals surface area contributed by atoms with Crippen LogP contribution in [0.1, 0.15) is 70.6 Å². The van der Waals surface area contributed by atoms with E-state index in [4.69, 9.17) is 5.73 Å². The van der Waals surface area contributed by atoms with Crippen LogP contribution in [-0.2, 0) is 4.79 Å². The Bertz CT molecular complexity index is 344. The van der Waals surface area contributed by atoms with E-state index in [1.54, 1.807) is 0 Å². The first-order valence-electron chi connectivity index (χ1n) is 9.21. The molecule has 1 heterocycles. The van der Waals surface area contributed by atoms with Crippen molar-refractivity contribution in [3.8, 4) is 0 Å². The van der Waals surface area contributed by atoms with E-state index in [1.165, 1.54) is 44.9 Å². The smallest absolute Gasteiger partial charge is 0.225 e. The SMILES string of the molecule is NCC1CCC(C(=O)N2CCC3(CCCCC3)CC2)CC1. The largest absolute Gasteiger partial charge is 0.342 e. The van der Waals surface area contributed by atoms with Gasteiger partial charge >= 0.3 is 0 Å². The summed E-state index contributed by atoms with van der Waals surface area (Å²) in [5.74, 6) is 1.42. The van der Waals surface area contributed by atoms with Gasteiger partial charge in [-0.1, -0.05) is 19.3 Å². The number of piperidine rings is 1. The zero-order chi connectivity index (χ0) is 14.7. The van der Waals surface area contributed by atoms with Crippen LogP contribution in [0.5, 0.6) is 0 Å². The number of nitrogens with two attached hydrogens (primary N) is 1. The third-order valence-corrected chi connectivity index (χ3v) is 6.58. The molecule has 1 aliphatic heterocycles. The molecule has 0 aromatic carbocycles. The molecule has 3 heteroatoms. The summed E-state index contributed by atoms with van der Waals surface area (Å²) in [5, 5.41) is 0. The standard InChI is InChI=1S/C18H32N2O/c19-14-15-4-6-16(7-5-15)17(21)20-12-10-18(11-13-20)8-2-1-3-9-18/h15-16H,1-14,19H2. The van der Waals surface area contributed by atoms with Gasteiger partial charge in [-0.2, -0.15) is 0 Å². The summed E-state index contributed by atoms with van der Waals surface area (Å²) in [7, 11) is 0. The highest BCUT2D eigenvalue weighted by Crippen LogP contribution is 2.44. The van der Waals surface area contributed by atoms with Crippen molar-refractivity contribution in [2.24, 2.45) is 23.0 Å². The molecule has 0 unspecified atom stereocenters. The van der Waals surface area contributed by atoms with Crippen LogP contribution in [0.2, 0.25) is 0 Å². The van der Waals surface area contributed by atoms with Crippen LogP contribution in [0.25, 0.3) is 0 Å². The summed E-state index contributed by atoms with van der Waals surface area (Å²) >= 11 is 0. The van der Waals surface area contributed by atoms with Crippen LogP contribution in [0.4, 0.5) is 0 Å². The van der Waals surface area contributed by atoms with E-state index < -0.39 is 0 Å². The Kier molecular flexibility index (Phi) is 4.88. The molecule has 2 aliphatic carbocycles. The number of rotatable bonds is 2. The first-order valence-corrected chi connectivity index (χ1v) is 9.21. The molecular weight excluding hydrogens is 260 g/mol. The minimum atomic E-state index is 0.299. The number of carbonyl (C=O) groups is 1. The van der Waals surface area contributed by atoms with Crippen LogP contribution in [-0.4, -0.2) is 30.4 Å². The third kappa shape index (κ3) is 3.44. The number of nitrogens with zero attached hydrogens (tertiary/aromatic N) is 1. The molecule has 1 saturated heterocycles. The van der Waals surface area contributed by atoms with Gasteiger partial charge in [0.15, 0.2) is 0 Å². The van der Waals surface area contributed by atoms with Gasteiger partial charge in [0.05, 0.1) is 0 Å². The van der Waals surface area contributed by atoms with E-state index in [0.717, 1.165) is 45.3 Å². The first-order chi connectivity index (χ1) is 10.2. The van der Waals surface area contributed by atoms with Crippen molar-refractivity contribution < 1.29 is 4.79 Å². The van der Waals surface area contributed by atoms with E-state index in [2.05, 4.69) is 4.90 Å². The summed E-state index contributed by atoms with van der Waals surface area (Å²) in [6.07, 6.45) is 14.1. The summed E-state index contributed by atoms with van der Waals surface area (Å²) in [5.41, 5.74) is 6.35. The Morgan fingerprint density at radius 2 is 1.57 bits per heavy atom. The van der Waals surface area contributed by atoms with Crippen molar-refractivity contribution >= 4 is 5.91 Å². The quantitative estimate of drug-likeness (QED) is 0.848. The second-order valence-corrected chi connectivity index (χ2v) is 7.84. The van der Waals surface area contributed by atoms with Gasteiger partial charge < -0.3 is 10.6 Å². The molecule has 0 radical (unpaired) electrons. The maximum Gasteiger partial charge on any atom is 0.225 e. The highest BCUT2D eigenvalue weighted by molar-refractivity contribution is 5.79. The van der Waals surface area contributed by atoms with E-state index in [1.807, 2.05) is 0 Å². The topological polar surface area (TPSA) is 46.3 Å². The lowest BCUT2D eigenvalue weighted by atomic mass is 9.68. The van der Waals surface area contributed by atoms with Gasteiger partial charge in [-0.05, 0) is 69.2 Å². The van der Waals surface area contributed by atoms with Crippen LogP contribution in [0, 0.1) is 17.3 Å². The second kappa shape index (κ2) is 6.68. The third-order valence-electron chi connectivity index (χ3n) is 6.58. The number of hydrogen-bond acceptors (Lipinski definition) is 2. The van der Waals surface area contributed by atoms with Crippen LogP contribution in [0.15, 0.2) is 0 Å². The number of carbonyl (C=O) groups excluding carboxylic acids is 1. The molecule has 0 bridgehead atoms. The molecule has 2 N–H and O–H groups in total. The fraction of sp³-hybridized carbons (Fsp3) is 0.944. The maximum absolute atomic E-state index is 12.7. The van der Waals surface area contributed by atoms with Gasteiger partial charge in [0.25, 0.3) is 0 Å². The summed E-state index contributed by atoms with van der Waals surface area (Å²) in [6.45, 7) is 2.85. The number of hydrogen-bond donors (Lipinski definition) is 1. The molecular formula is C18H32N2O. The average Bonchev–Trinajstić information content (AvgIpc) is 2.56. The Morgan fingerprint density at radius 3 is 2.14 bits per heavy atom. The van der Waals surface area contributed by atoms with Crippen LogP contribution < -0.4 is 5.73 Å². The van der Waals surface area contributed by atoms with Gasteiger partial charge in [0, 0.05) is 19.0 Å². The van der Waals surface area contributed by atoms with Gasteiger partial charge in [0.2, 0.25) is 5.91 Å². The lowest BCUT2D eigenvalue weighted by Gasteiger charge is -2.45. The monoisotopic (exact) mass is 292 g/mol. The van der Waals surface area contributed by atoms with Crippen LogP contribution in [0.3, 0.4) is 0 Å². The maximum atomic E-state index is 12.7. The van der Waals surface area contributed by atoms with Crippen molar-refractivity contribution in [1.29, 1.82) is 0 Å². The molecule has 120 valence electrons. The second-order valence-electron chi connectivity index (χ2n) is 7.84. The highest BCUT2D eigenvalue weighted by Gasteiger charge is 2.38. The molecule has 3 rings (SSSR count). The van der Waals surface area contributed by atoms with E-state index >= 15 is 0 Å². The Morgan fingerprint density at radius 1 is 0.952 bits per heavy atom. The predicted octanol–water partition coefficient (Wildman–Crippen LogP) is 3.32. The molecule has 21 heavy (non-hydrogen) atoms. The minimum absolute atomic E-state index is 0.299. The zero-order valence-corrected chi connectivity index (χ0v) is 13.5. The van der Waals surface area contributed by atoms with Crippen LogP contribution >= 0.6 is 0 Å². The van der Waals surface area contributed by atoms with Gasteiger partial charge in [-0.15, -0.1) is 0 Å². The zero-order valence-electron chi connectivity index (χ0n) is 13.5. The van der Waals surface area contributed by atoms with Crippen molar-refractivity contribution in [3.05, 3.63) is 0 Å². The van der Waals surface area contributed by atoms with Crippen molar-refractivity contribution in [2.45, 2.75) is 70.6 Å². The predicted molar refractivity (Wildman–Crippen MR) is 85.8 cm³/mol. The summed E-state index contributed by atoms with van der Waals surface area (Å²) < 4.78 is 0. The van der Waals surface area contributed by atoms with Gasteiger partial charge in [0.1, 0.15) is 0 Å². The molecule has 0 atom stereocenters. The van der Waals surface area contributed by atoms with E-state index in [0.29, 0.717) is 23.2 Å². The Balaban J connectivity index is 1.49. The molecule has 0 aromatic rings. The highest BCUT2D eigenvalue weighted by atomic mass is 16.2. The lowest BCUT2D eigenvalue weighted by molar-refractivity contribution is -0.139. The van der Waals surface area contributed by atoms with Gasteiger partial charge in [-0.3, -0.25) is 4.79 Å². The van der Waals surface area contributed by atoms with Crippen molar-refractivity contribution in [3.63, 3.8) is 0 Å². The fourth-order valence-corrected chi connectivity index (χ4v) is 4.91. The first kappa shape index (κ1) is 15.3. The lowest BCUT2D eigenvalue weighted by Crippen LogP contribution is -2.46. The number of likely N-dealkylation sites (tertiary alicyclic amines) is 1. The molecule has 3 fully saturated rings. The molecule has 1 amide bonds. The fourth-order valence-electron chi connectivity index (χ4n) is 4.91. The molecule has 0 aromatic heterocycles. The Hall–Kier alpha value is -0.570. The van der Waals surface area contributed by atoms with Crippen molar-refractivity contribution in [1.82, 2.24) is 4.90 Å². The van der Waals surface area contributed by atoms with E-state index in [-0.39, 0.29) is 0 Å². The average molecular weight is 292 g/mol. The molecule has 3 aliphatic rings. The number of amides is 1. The normalized spacial score (nSPS) is 33.1. The summed E-state index contributed by atoms with van der Waals surface area (Å²) in [4.78, 5) is 14.9. The molecule has 2 saturated carbocycles. The minimum Gasteiger partial charge on any atom is -0.342 e. The van der Waals surface area contributed by atoms with Crippen molar-refractivity contribution in [2.75, 3.05) is 19.6 Å². The molecule has 3 nitrogen and oxygen atoms in total. The van der Waals surface area contributed by atoms with E-state index in [9.17, 15) is 4.79 Å². The summed E-state index contributed by atoms with van der Waals surface area (Å²) in [6, 6.07) is 0. The Labute approximate surface area is 129 Å². The van der Waals surface area contributed by atoms with Gasteiger partial charge in [-0.25, -0.2) is 0 Å². The molecule has 1 spiro atoms.